The minimum absolute atomic E-state index is 0.116. The van der Waals surface area contributed by atoms with Crippen molar-refractivity contribution in [3.8, 4) is 0 Å². The van der Waals surface area contributed by atoms with Crippen LogP contribution >= 0.6 is 11.6 Å². The van der Waals surface area contributed by atoms with Gasteiger partial charge in [-0.25, -0.2) is 8.42 Å². The fourth-order valence-electron chi connectivity index (χ4n) is 3.70. The third-order valence-electron chi connectivity index (χ3n) is 5.46. The molecule has 1 aliphatic rings. The number of carbonyl (C=O) groups is 1. The van der Waals surface area contributed by atoms with Crippen LogP contribution in [0.15, 0.2) is 53.4 Å². The SMILES string of the molecule is CN(CCNC(=O)c1cc(S(=O)(=O)N2CCCCCC2)ccc1Cl)Cc1ccccc1. The van der Waals surface area contributed by atoms with E-state index in [1.54, 1.807) is 0 Å². The molecule has 0 spiro atoms. The summed E-state index contributed by atoms with van der Waals surface area (Å²) in [5, 5.41) is 3.09. The maximum atomic E-state index is 13.0. The van der Waals surface area contributed by atoms with Crippen molar-refractivity contribution in [3.05, 3.63) is 64.7 Å². The predicted molar refractivity (Wildman–Crippen MR) is 124 cm³/mol. The Morgan fingerprint density at radius 1 is 1.06 bits per heavy atom. The summed E-state index contributed by atoms with van der Waals surface area (Å²) in [4.78, 5) is 14.9. The number of sulfonamides is 1. The lowest BCUT2D eigenvalue weighted by molar-refractivity contribution is 0.0949. The zero-order valence-corrected chi connectivity index (χ0v) is 19.5. The van der Waals surface area contributed by atoms with Gasteiger partial charge < -0.3 is 10.2 Å². The van der Waals surface area contributed by atoms with Crippen molar-refractivity contribution >= 4 is 27.5 Å². The van der Waals surface area contributed by atoms with Crippen LogP contribution in [0.5, 0.6) is 0 Å². The molecule has 31 heavy (non-hydrogen) atoms. The second kappa shape index (κ2) is 11.1. The highest BCUT2D eigenvalue weighted by molar-refractivity contribution is 7.89. The van der Waals surface area contributed by atoms with Gasteiger partial charge in [-0.05, 0) is 43.7 Å². The average molecular weight is 464 g/mol. The number of halogens is 1. The number of hydrogen-bond donors (Lipinski definition) is 1. The minimum atomic E-state index is -3.64. The fraction of sp³-hybridized carbons (Fsp3) is 0.435. The van der Waals surface area contributed by atoms with Gasteiger partial charge in [0, 0.05) is 32.7 Å². The molecular formula is C23H30ClN3O3S. The van der Waals surface area contributed by atoms with E-state index >= 15 is 0 Å². The molecule has 0 aliphatic carbocycles. The summed E-state index contributed by atoms with van der Waals surface area (Å²) in [6.45, 7) is 2.90. The van der Waals surface area contributed by atoms with Crippen LogP contribution in [0.1, 0.15) is 41.6 Å². The van der Waals surface area contributed by atoms with Gasteiger partial charge in [-0.3, -0.25) is 4.79 Å². The lowest BCUT2D eigenvalue weighted by Gasteiger charge is -2.20. The third kappa shape index (κ3) is 6.53. The van der Waals surface area contributed by atoms with Crippen LogP contribution in [-0.2, 0) is 16.6 Å². The van der Waals surface area contributed by atoms with Crippen molar-refractivity contribution in [3.63, 3.8) is 0 Å². The summed E-state index contributed by atoms with van der Waals surface area (Å²) < 4.78 is 27.6. The largest absolute Gasteiger partial charge is 0.351 e. The number of nitrogens with one attached hydrogen (secondary N) is 1. The van der Waals surface area contributed by atoms with Gasteiger partial charge >= 0.3 is 0 Å². The van der Waals surface area contributed by atoms with E-state index in [2.05, 4.69) is 22.3 Å². The monoisotopic (exact) mass is 463 g/mol. The van der Waals surface area contributed by atoms with Crippen LogP contribution in [0.2, 0.25) is 5.02 Å². The highest BCUT2D eigenvalue weighted by Gasteiger charge is 2.26. The van der Waals surface area contributed by atoms with Crippen LogP contribution in [-0.4, -0.2) is 56.8 Å². The molecule has 0 radical (unpaired) electrons. The molecule has 1 N–H and O–H groups in total. The summed E-state index contributed by atoms with van der Waals surface area (Å²) in [5.74, 6) is -0.369. The number of nitrogens with zero attached hydrogens (tertiary/aromatic N) is 2. The van der Waals surface area contributed by atoms with E-state index in [1.807, 2.05) is 25.2 Å². The Bertz CT molecular complexity index is 975. The Morgan fingerprint density at radius 3 is 2.42 bits per heavy atom. The number of likely N-dealkylation sites (N-methyl/N-ethyl adjacent to an activating group) is 1. The number of carbonyl (C=O) groups excluding carboxylic acids is 1. The summed E-state index contributed by atoms with van der Waals surface area (Å²) in [6.07, 6.45) is 3.80. The maximum absolute atomic E-state index is 13.0. The van der Waals surface area contributed by atoms with E-state index in [9.17, 15) is 13.2 Å². The molecule has 1 aliphatic heterocycles. The first-order valence-corrected chi connectivity index (χ1v) is 12.5. The Morgan fingerprint density at radius 2 is 1.74 bits per heavy atom. The summed E-state index contributed by atoms with van der Waals surface area (Å²) >= 11 is 6.22. The summed E-state index contributed by atoms with van der Waals surface area (Å²) in [5.41, 5.74) is 1.38. The molecule has 8 heteroatoms. The standard InChI is InChI=1S/C23H30ClN3O3S/c1-26(18-19-9-5-4-6-10-19)16-13-25-23(28)21-17-20(11-12-22(21)24)31(29,30)27-14-7-2-3-8-15-27/h4-6,9-12,17H,2-3,7-8,13-16,18H2,1H3,(H,25,28). The van der Waals surface area contributed by atoms with Gasteiger partial charge in [0.25, 0.3) is 5.91 Å². The quantitative estimate of drug-likeness (QED) is 0.647. The van der Waals surface area contributed by atoms with E-state index < -0.39 is 10.0 Å². The number of amides is 1. The first kappa shape index (κ1) is 23.7. The van der Waals surface area contributed by atoms with Crippen LogP contribution in [0.4, 0.5) is 0 Å². The third-order valence-corrected chi connectivity index (χ3v) is 7.68. The Hall–Kier alpha value is -1.93. The van der Waals surface area contributed by atoms with Crippen molar-refractivity contribution in [1.29, 1.82) is 0 Å². The van der Waals surface area contributed by atoms with E-state index in [1.165, 1.54) is 28.1 Å². The smallest absolute Gasteiger partial charge is 0.252 e. The van der Waals surface area contributed by atoms with Crippen molar-refractivity contribution in [2.75, 3.05) is 33.2 Å². The zero-order valence-electron chi connectivity index (χ0n) is 17.9. The second-order valence-corrected chi connectivity index (χ2v) is 10.3. The Kier molecular flexibility index (Phi) is 8.49. The molecule has 1 saturated heterocycles. The molecule has 0 saturated carbocycles. The normalized spacial score (nSPS) is 15.6. The first-order valence-electron chi connectivity index (χ1n) is 10.7. The predicted octanol–water partition coefficient (Wildman–Crippen LogP) is 3.77. The van der Waals surface area contributed by atoms with Crippen LogP contribution < -0.4 is 5.32 Å². The highest BCUT2D eigenvalue weighted by atomic mass is 35.5. The molecule has 3 rings (SSSR count). The molecule has 0 bridgehead atoms. The van der Waals surface area contributed by atoms with Gasteiger partial charge in [0.05, 0.1) is 15.5 Å². The van der Waals surface area contributed by atoms with Crippen molar-refractivity contribution in [2.24, 2.45) is 0 Å². The first-order chi connectivity index (χ1) is 14.9. The Balaban J connectivity index is 1.62. The molecule has 0 atom stereocenters. The molecule has 6 nitrogen and oxygen atoms in total. The van der Waals surface area contributed by atoms with E-state index in [0.29, 0.717) is 26.2 Å². The van der Waals surface area contributed by atoms with E-state index in [-0.39, 0.29) is 21.4 Å². The molecule has 2 aromatic rings. The van der Waals surface area contributed by atoms with Crippen LogP contribution in [0.3, 0.4) is 0 Å². The van der Waals surface area contributed by atoms with Gasteiger partial charge in [-0.2, -0.15) is 4.31 Å². The van der Waals surface area contributed by atoms with Gasteiger partial charge in [0.2, 0.25) is 10.0 Å². The van der Waals surface area contributed by atoms with Crippen molar-refractivity contribution in [2.45, 2.75) is 37.1 Å². The number of rotatable bonds is 8. The highest BCUT2D eigenvalue weighted by Crippen LogP contribution is 2.25. The molecule has 0 aromatic heterocycles. The van der Waals surface area contributed by atoms with Crippen LogP contribution in [0.25, 0.3) is 0 Å². The lowest BCUT2D eigenvalue weighted by atomic mass is 10.2. The van der Waals surface area contributed by atoms with Crippen molar-refractivity contribution in [1.82, 2.24) is 14.5 Å². The van der Waals surface area contributed by atoms with Crippen molar-refractivity contribution < 1.29 is 13.2 Å². The van der Waals surface area contributed by atoms with E-state index in [4.69, 9.17) is 11.6 Å². The lowest BCUT2D eigenvalue weighted by Crippen LogP contribution is -2.34. The molecule has 0 unspecified atom stereocenters. The molecule has 2 aromatic carbocycles. The molecule has 1 fully saturated rings. The number of hydrogen-bond acceptors (Lipinski definition) is 4. The summed E-state index contributed by atoms with van der Waals surface area (Å²) in [7, 11) is -1.65. The zero-order chi connectivity index (χ0) is 22.3. The van der Waals surface area contributed by atoms with Gasteiger partial charge in [0.15, 0.2) is 0 Å². The molecule has 1 heterocycles. The maximum Gasteiger partial charge on any atom is 0.252 e. The van der Waals surface area contributed by atoms with Gasteiger partial charge in [-0.15, -0.1) is 0 Å². The molecule has 1 amide bonds. The second-order valence-electron chi connectivity index (χ2n) is 7.94. The molecular weight excluding hydrogens is 434 g/mol. The van der Waals surface area contributed by atoms with Gasteiger partial charge in [-0.1, -0.05) is 54.8 Å². The van der Waals surface area contributed by atoms with E-state index in [0.717, 1.165) is 32.2 Å². The topological polar surface area (TPSA) is 69.7 Å². The number of benzene rings is 2. The summed E-state index contributed by atoms with van der Waals surface area (Å²) in [6, 6.07) is 14.5. The minimum Gasteiger partial charge on any atom is -0.351 e. The fourth-order valence-corrected chi connectivity index (χ4v) is 5.45. The molecule has 168 valence electrons. The Labute approximate surface area is 190 Å². The van der Waals surface area contributed by atoms with Gasteiger partial charge in [0.1, 0.15) is 0 Å². The average Bonchev–Trinajstić information content (AvgIpc) is 3.05. The van der Waals surface area contributed by atoms with Crippen LogP contribution in [0, 0.1) is 0 Å².